The molecule has 2 aromatic heterocycles. The lowest BCUT2D eigenvalue weighted by molar-refractivity contribution is -0.132. The molecule has 5 heteroatoms. The SMILES string of the molecule is CC(c1cccs1)N1CCN(C(=O)Cc2c[nH]c3ccccc23)CC1. The molecule has 0 saturated carbocycles. The van der Waals surface area contributed by atoms with Gasteiger partial charge >= 0.3 is 0 Å². The fourth-order valence-corrected chi connectivity index (χ4v) is 4.44. The maximum absolute atomic E-state index is 12.7. The van der Waals surface area contributed by atoms with E-state index >= 15 is 0 Å². The minimum atomic E-state index is 0.230. The Kier molecular flexibility index (Phi) is 4.59. The van der Waals surface area contributed by atoms with Gasteiger partial charge in [0.1, 0.15) is 0 Å². The van der Waals surface area contributed by atoms with Crippen molar-refractivity contribution in [2.75, 3.05) is 26.2 Å². The highest BCUT2D eigenvalue weighted by Gasteiger charge is 2.25. The summed E-state index contributed by atoms with van der Waals surface area (Å²) in [6.07, 6.45) is 2.45. The van der Waals surface area contributed by atoms with Crippen molar-refractivity contribution in [3.8, 4) is 0 Å². The highest BCUT2D eigenvalue weighted by atomic mass is 32.1. The summed E-state index contributed by atoms with van der Waals surface area (Å²) >= 11 is 1.81. The summed E-state index contributed by atoms with van der Waals surface area (Å²) in [6.45, 7) is 5.78. The standard InChI is InChI=1S/C20H23N3OS/c1-15(19-7-4-12-25-19)22-8-10-23(11-9-22)20(24)13-16-14-21-18-6-3-2-5-17(16)18/h2-7,12,14-15,21H,8-11,13H2,1H3. The highest BCUT2D eigenvalue weighted by molar-refractivity contribution is 7.10. The first-order valence-corrected chi connectivity index (χ1v) is 9.70. The second kappa shape index (κ2) is 7.02. The van der Waals surface area contributed by atoms with E-state index in [1.54, 1.807) is 0 Å². The van der Waals surface area contributed by atoms with Crippen LogP contribution in [-0.4, -0.2) is 46.9 Å². The number of piperazine rings is 1. The molecule has 3 aromatic rings. The number of nitrogens with zero attached hydrogens (tertiary/aromatic N) is 2. The van der Waals surface area contributed by atoms with Gasteiger partial charge in [-0.25, -0.2) is 0 Å². The van der Waals surface area contributed by atoms with Gasteiger partial charge in [0.05, 0.1) is 6.42 Å². The molecule has 3 heterocycles. The third kappa shape index (κ3) is 3.34. The first kappa shape index (κ1) is 16.4. The number of rotatable bonds is 4. The van der Waals surface area contributed by atoms with Crippen molar-refractivity contribution < 1.29 is 4.79 Å². The van der Waals surface area contributed by atoms with E-state index < -0.39 is 0 Å². The first-order valence-electron chi connectivity index (χ1n) is 8.82. The van der Waals surface area contributed by atoms with Crippen molar-refractivity contribution in [2.45, 2.75) is 19.4 Å². The predicted molar refractivity (Wildman–Crippen MR) is 103 cm³/mol. The van der Waals surface area contributed by atoms with E-state index in [0.717, 1.165) is 42.6 Å². The van der Waals surface area contributed by atoms with Gasteiger partial charge < -0.3 is 9.88 Å². The Morgan fingerprint density at radius 3 is 2.72 bits per heavy atom. The third-order valence-corrected chi connectivity index (χ3v) is 6.23. The molecule has 1 aliphatic rings. The number of thiophene rings is 1. The molecule has 1 N–H and O–H groups in total. The van der Waals surface area contributed by atoms with Gasteiger partial charge in [-0.3, -0.25) is 9.69 Å². The molecule has 0 aliphatic carbocycles. The van der Waals surface area contributed by atoms with Gasteiger partial charge in [-0.2, -0.15) is 0 Å². The Morgan fingerprint density at radius 2 is 1.96 bits per heavy atom. The zero-order valence-corrected chi connectivity index (χ0v) is 15.3. The molecule has 1 aliphatic heterocycles. The largest absolute Gasteiger partial charge is 0.361 e. The summed E-state index contributed by atoms with van der Waals surface area (Å²) in [5, 5.41) is 3.29. The van der Waals surface area contributed by atoms with Crippen LogP contribution < -0.4 is 0 Å². The minimum Gasteiger partial charge on any atom is -0.361 e. The average molecular weight is 353 g/mol. The minimum absolute atomic E-state index is 0.230. The highest BCUT2D eigenvalue weighted by Crippen LogP contribution is 2.26. The van der Waals surface area contributed by atoms with Crippen molar-refractivity contribution in [3.05, 3.63) is 58.4 Å². The van der Waals surface area contributed by atoms with Crippen LogP contribution in [0.1, 0.15) is 23.4 Å². The molecule has 4 nitrogen and oxygen atoms in total. The van der Waals surface area contributed by atoms with Gasteiger partial charge in [0.25, 0.3) is 0 Å². The Labute approximate surface area is 152 Å². The van der Waals surface area contributed by atoms with Gasteiger partial charge in [-0.15, -0.1) is 11.3 Å². The van der Waals surface area contributed by atoms with Gasteiger partial charge in [-0.1, -0.05) is 24.3 Å². The lowest BCUT2D eigenvalue weighted by atomic mass is 10.1. The van der Waals surface area contributed by atoms with Crippen LogP contribution in [-0.2, 0) is 11.2 Å². The number of aromatic amines is 1. The topological polar surface area (TPSA) is 39.3 Å². The first-order chi connectivity index (χ1) is 12.2. The van der Waals surface area contributed by atoms with E-state index in [4.69, 9.17) is 0 Å². The maximum Gasteiger partial charge on any atom is 0.227 e. The number of benzene rings is 1. The zero-order valence-electron chi connectivity index (χ0n) is 14.4. The van der Waals surface area contributed by atoms with Gasteiger partial charge in [0.15, 0.2) is 0 Å². The van der Waals surface area contributed by atoms with Crippen molar-refractivity contribution in [2.24, 2.45) is 0 Å². The van der Waals surface area contributed by atoms with Crippen LogP contribution in [0.2, 0.25) is 0 Å². The quantitative estimate of drug-likeness (QED) is 0.777. The number of aromatic nitrogens is 1. The fourth-order valence-electron chi connectivity index (χ4n) is 3.62. The number of hydrogen-bond acceptors (Lipinski definition) is 3. The zero-order chi connectivity index (χ0) is 17.2. The van der Waals surface area contributed by atoms with Crippen LogP contribution in [0.15, 0.2) is 48.0 Å². The Balaban J connectivity index is 1.37. The molecule has 0 radical (unpaired) electrons. The van der Waals surface area contributed by atoms with Crippen molar-refractivity contribution in [1.29, 1.82) is 0 Å². The summed E-state index contributed by atoms with van der Waals surface area (Å²) in [7, 11) is 0. The molecule has 25 heavy (non-hydrogen) atoms. The Bertz CT molecular complexity index is 847. The van der Waals surface area contributed by atoms with Crippen LogP contribution >= 0.6 is 11.3 Å². The van der Waals surface area contributed by atoms with E-state index in [2.05, 4.69) is 40.4 Å². The molecule has 1 atom stereocenters. The Morgan fingerprint density at radius 1 is 1.16 bits per heavy atom. The molecule has 4 rings (SSSR count). The smallest absolute Gasteiger partial charge is 0.227 e. The molecule has 1 fully saturated rings. The lowest BCUT2D eigenvalue weighted by Gasteiger charge is -2.37. The van der Waals surface area contributed by atoms with Crippen LogP contribution in [0.3, 0.4) is 0 Å². The lowest BCUT2D eigenvalue weighted by Crippen LogP contribution is -2.49. The number of carbonyl (C=O) groups excluding carboxylic acids is 1. The molecular formula is C20H23N3OS. The molecule has 130 valence electrons. The monoisotopic (exact) mass is 353 g/mol. The van der Waals surface area contributed by atoms with Crippen molar-refractivity contribution in [3.63, 3.8) is 0 Å². The summed E-state index contributed by atoms with van der Waals surface area (Å²) in [5.74, 6) is 0.230. The summed E-state index contributed by atoms with van der Waals surface area (Å²) in [4.78, 5) is 21.9. The normalized spacial score (nSPS) is 17.1. The molecule has 1 unspecified atom stereocenters. The Hall–Kier alpha value is -2.11. The van der Waals surface area contributed by atoms with E-state index in [1.807, 2.05) is 40.6 Å². The van der Waals surface area contributed by atoms with Crippen LogP contribution in [0, 0.1) is 0 Å². The summed E-state index contributed by atoms with van der Waals surface area (Å²) in [6, 6.07) is 12.9. The number of hydrogen-bond donors (Lipinski definition) is 1. The van der Waals surface area contributed by atoms with E-state index in [9.17, 15) is 4.79 Å². The molecular weight excluding hydrogens is 330 g/mol. The van der Waals surface area contributed by atoms with Gasteiger partial charge in [0.2, 0.25) is 5.91 Å². The summed E-state index contributed by atoms with van der Waals surface area (Å²) < 4.78 is 0. The number of amides is 1. The number of fused-ring (bicyclic) bond motifs is 1. The fraction of sp³-hybridized carbons (Fsp3) is 0.350. The molecule has 1 amide bonds. The van der Waals surface area contributed by atoms with E-state index in [-0.39, 0.29) is 5.91 Å². The predicted octanol–water partition coefficient (Wildman–Crippen LogP) is 3.68. The third-order valence-electron chi connectivity index (χ3n) is 5.19. The summed E-state index contributed by atoms with van der Waals surface area (Å²) in [5.41, 5.74) is 2.19. The van der Waals surface area contributed by atoms with Crippen LogP contribution in [0.25, 0.3) is 10.9 Å². The molecule has 0 spiro atoms. The van der Waals surface area contributed by atoms with Crippen molar-refractivity contribution in [1.82, 2.24) is 14.8 Å². The van der Waals surface area contributed by atoms with E-state index in [0.29, 0.717) is 12.5 Å². The van der Waals surface area contributed by atoms with Gasteiger partial charge in [-0.05, 0) is 30.0 Å². The maximum atomic E-state index is 12.7. The number of para-hydroxylation sites is 1. The van der Waals surface area contributed by atoms with Crippen LogP contribution in [0.4, 0.5) is 0 Å². The molecule has 1 aromatic carbocycles. The second-order valence-corrected chi connectivity index (χ2v) is 7.62. The number of nitrogens with one attached hydrogen (secondary N) is 1. The number of H-pyrrole nitrogens is 1. The van der Waals surface area contributed by atoms with Gasteiger partial charge in [0, 0.05) is 54.2 Å². The molecule has 0 bridgehead atoms. The van der Waals surface area contributed by atoms with Crippen molar-refractivity contribution >= 4 is 28.1 Å². The van der Waals surface area contributed by atoms with E-state index in [1.165, 1.54) is 4.88 Å². The number of carbonyl (C=O) groups is 1. The average Bonchev–Trinajstić information content (AvgIpc) is 3.32. The van der Waals surface area contributed by atoms with Crippen LogP contribution in [0.5, 0.6) is 0 Å². The molecule has 1 saturated heterocycles. The second-order valence-electron chi connectivity index (χ2n) is 6.64.